The molecule has 0 radical (unpaired) electrons. The van der Waals surface area contributed by atoms with Crippen LogP contribution < -0.4 is 10.7 Å². The molecule has 4 heteroatoms. The topological polar surface area (TPSA) is 62.5 Å². The van der Waals surface area contributed by atoms with Gasteiger partial charge in [-0.3, -0.25) is 4.79 Å². The largest absolute Gasteiger partial charge is 0.461 e. The van der Waals surface area contributed by atoms with Gasteiger partial charge in [-0.15, -0.1) is 0 Å². The first-order valence-corrected chi connectivity index (χ1v) is 6.85. The summed E-state index contributed by atoms with van der Waals surface area (Å²) in [6.07, 6.45) is -0.636. The van der Waals surface area contributed by atoms with Crippen molar-refractivity contribution in [2.24, 2.45) is 0 Å². The highest BCUT2D eigenvalue weighted by Crippen LogP contribution is 2.20. The van der Waals surface area contributed by atoms with Crippen LogP contribution >= 0.6 is 0 Å². The molecule has 2 N–H and O–H groups in total. The molecule has 1 aromatic heterocycles. The van der Waals surface area contributed by atoms with E-state index < -0.39 is 6.10 Å². The first-order valence-electron chi connectivity index (χ1n) is 6.85. The maximum absolute atomic E-state index is 12.2. The molecule has 0 spiro atoms. The summed E-state index contributed by atoms with van der Waals surface area (Å²) in [6, 6.07) is 5.57. The number of aliphatic hydroxyl groups excluding tert-OH is 1. The first-order chi connectivity index (χ1) is 9.40. The Morgan fingerprint density at radius 2 is 2.00 bits per heavy atom. The lowest BCUT2D eigenvalue weighted by Gasteiger charge is -2.15. The molecule has 0 aliphatic carbocycles. The molecule has 0 saturated heterocycles. The second kappa shape index (κ2) is 5.77. The molecular weight excluding hydrogens is 254 g/mol. The summed E-state index contributed by atoms with van der Waals surface area (Å²) in [5.74, 6) is 0.636. The molecule has 1 atom stereocenters. The molecule has 0 aliphatic rings. The number of nitrogens with one attached hydrogen (secondary N) is 1. The van der Waals surface area contributed by atoms with Crippen molar-refractivity contribution < 1.29 is 9.52 Å². The fourth-order valence-electron chi connectivity index (χ4n) is 2.09. The summed E-state index contributed by atoms with van der Waals surface area (Å²) < 4.78 is 5.61. The van der Waals surface area contributed by atoms with Crippen LogP contribution in [-0.4, -0.2) is 17.7 Å². The van der Waals surface area contributed by atoms with Crippen LogP contribution in [0, 0.1) is 13.8 Å². The van der Waals surface area contributed by atoms with Crippen molar-refractivity contribution in [3.05, 3.63) is 45.3 Å². The highest BCUT2D eigenvalue weighted by Gasteiger charge is 2.12. The first kappa shape index (κ1) is 14.8. The van der Waals surface area contributed by atoms with E-state index in [-0.39, 0.29) is 5.43 Å². The minimum absolute atomic E-state index is 0.0328. The zero-order valence-corrected chi connectivity index (χ0v) is 12.4. The van der Waals surface area contributed by atoms with Crippen LogP contribution in [0.4, 0.5) is 0 Å². The molecule has 1 aromatic carbocycles. The number of benzene rings is 1. The molecule has 108 valence electrons. The maximum atomic E-state index is 12.2. The molecule has 0 amide bonds. The van der Waals surface area contributed by atoms with Crippen molar-refractivity contribution >= 4 is 11.0 Å². The van der Waals surface area contributed by atoms with Gasteiger partial charge in [0.05, 0.1) is 11.5 Å². The van der Waals surface area contributed by atoms with Gasteiger partial charge in [-0.2, -0.15) is 0 Å². The number of aryl methyl sites for hydroxylation is 1. The molecule has 2 rings (SSSR count). The SMILES string of the molecule is Cc1oc2ccc(C(O)CNC(C)C)cc2c(=O)c1C. The average Bonchev–Trinajstić information content (AvgIpc) is 2.42. The van der Waals surface area contributed by atoms with Crippen molar-refractivity contribution in [2.45, 2.75) is 39.8 Å². The number of aliphatic hydroxyl groups is 1. The average molecular weight is 275 g/mol. The number of fused-ring (bicyclic) bond motifs is 1. The highest BCUT2D eigenvalue weighted by molar-refractivity contribution is 5.78. The summed E-state index contributed by atoms with van der Waals surface area (Å²) in [7, 11) is 0. The molecule has 4 nitrogen and oxygen atoms in total. The van der Waals surface area contributed by atoms with E-state index in [0.717, 1.165) is 5.56 Å². The van der Waals surface area contributed by atoms with E-state index >= 15 is 0 Å². The molecule has 0 fully saturated rings. The minimum atomic E-state index is -0.636. The van der Waals surface area contributed by atoms with Gasteiger partial charge in [0, 0.05) is 18.2 Å². The van der Waals surface area contributed by atoms with Crippen molar-refractivity contribution in [2.75, 3.05) is 6.54 Å². The van der Waals surface area contributed by atoms with Crippen LogP contribution in [0.3, 0.4) is 0 Å². The standard InChI is InChI=1S/C16H21NO3/c1-9(2)17-8-14(18)12-5-6-15-13(7-12)16(19)10(3)11(4)20-15/h5-7,9,14,17-18H,8H2,1-4H3. The van der Waals surface area contributed by atoms with Crippen LogP contribution in [0.15, 0.2) is 27.4 Å². The van der Waals surface area contributed by atoms with Gasteiger partial charge in [0.25, 0.3) is 0 Å². The smallest absolute Gasteiger partial charge is 0.195 e. The van der Waals surface area contributed by atoms with Crippen molar-refractivity contribution in [3.63, 3.8) is 0 Å². The predicted octanol–water partition coefficient (Wildman–Crippen LogP) is 2.44. The van der Waals surface area contributed by atoms with Crippen LogP contribution in [0.2, 0.25) is 0 Å². The van der Waals surface area contributed by atoms with Gasteiger partial charge in [-0.1, -0.05) is 19.9 Å². The lowest BCUT2D eigenvalue weighted by molar-refractivity contribution is 0.172. The zero-order chi connectivity index (χ0) is 14.9. The normalized spacial score (nSPS) is 13.1. The molecular formula is C16H21NO3. The second-order valence-corrected chi connectivity index (χ2v) is 5.45. The second-order valence-electron chi connectivity index (χ2n) is 5.45. The summed E-state index contributed by atoms with van der Waals surface area (Å²) in [5, 5.41) is 13.8. The predicted molar refractivity (Wildman–Crippen MR) is 80.1 cm³/mol. The van der Waals surface area contributed by atoms with E-state index in [4.69, 9.17) is 4.42 Å². The molecule has 1 heterocycles. The molecule has 1 unspecified atom stereocenters. The van der Waals surface area contributed by atoms with E-state index in [2.05, 4.69) is 5.32 Å². The lowest BCUT2D eigenvalue weighted by Crippen LogP contribution is -2.27. The Morgan fingerprint density at radius 1 is 1.30 bits per heavy atom. The third kappa shape index (κ3) is 2.92. The Kier molecular flexibility index (Phi) is 4.26. The Balaban J connectivity index is 2.41. The van der Waals surface area contributed by atoms with Gasteiger partial charge in [-0.05, 0) is 31.5 Å². The molecule has 2 aromatic rings. The van der Waals surface area contributed by atoms with Crippen LogP contribution in [0.25, 0.3) is 11.0 Å². The quantitative estimate of drug-likeness (QED) is 0.899. The van der Waals surface area contributed by atoms with Gasteiger partial charge in [-0.25, -0.2) is 0 Å². The van der Waals surface area contributed by atoms with E-state index in [1.807, 2.05) is 13.8 Å². The zero-order valence-electron chi connectivity index (χ0n) is 12.4. The number of rotatable bonds is 4. The van der Waals surface area contributed by atoms with Gasteiger partial charge in [0.15, 0.2) is 5.43 Å². The summed E-state index contributed by atoms with van der Waals surface area (Å²) >= 11 is 0. The number of hydrogen-bond acceptors (Lipinski definition) is 4. The molecule has 0 bridgehead atoms. The Bertz CT molecular complexity index is 673. The van der Waals surface area contributed by atoms with Gasteiger partial charge in [0.1, 0.15) is 11.3 Å². The summed E-state index contributed by atoms with van der Waals surface area (Å²) in [5.41, 5.74) is 1.87. The Hall–Kier alpha value is -1.65. The van der Waals surface area contributed by atoms with E-state index in [1.54, 1.807) is 32.0 Å². The monoisotopic (exact) mass is 275 g/mol. The van der Waals surface area contributed by atoms with E-state index in [0.29, 0.717) is 34.9 Å². The van der Waals surface area contributed by atoms with Crippen molar-refractivity contribution in [1.82, 2.24) is 5.32 Å². The third-order valence-electron chi connectivity index (χ3n) is 3.48. The Morgan fingerprint density at radius 3 is 2.65 bits per heavy atom. The van der Waals surface area contributed by atoms with Gasteiger partial charge in [0.2, 0.25) is 0 Å². The molecule has 0 saturated carbocycles. The minimum Gasteiger partial charge on any atom is -0.461 e. The lowest BCUT2D eigenvalue weighted by atomic mass is 10.0. The fraction of sp³-hybridized carbons (Fsp3) is 0.438. The molecule has 20 heavy (non-hydrogen) atoms. The van der Waals surface area contributed by atoms with Gasteiger partial charge < -0.3 is 14.8 Å². The van der Waals surface area contributed by atoms with Crippen molar-refractivity contribution in [3.8, 4) is 0 Å². The van der Waals surface area contributed by atoms with E-state index in [1.165, 1.54) is 0 Å². The Labute approximate surface area is 118 Å². The van der Waals surface area contributed by atoms with Crippen molar-refractivity contribution in [1.29, 1.82) is 0 Å². The fourth-order valence-corrected chi connectivity index (χ4v) is 2.09. The van der Waals surface area contributed by atoms with Crippen LogP contribution in [0.1, 0.15) is 36.8 Å². The summed E-state index contributed by atoms with van der Waals surface area (Å²) in [4.78, 5) is 12.2. The van der Waals surface area contributed by atoms with Gasteiger partial charge >= 0.3 is 0 Å². The van der Waals surface area contributed by atoms with Crippen LogP contribution in [-0.2, 0) is 0 Å². The molecule has 0 aliphatic heterocycles. The third-order valence-corrected chi connectivity index (χ3v) is 3.48. The van der Waals surface area contributed by atoms with E-state index in [9.17, 15) is 9.90 Å². The highest BCUT2D eigenvalue weighted by atomic mass is 16.3. The maximum Gasteiger partial charge on any atom is 0.195 e. The summed E-state index contributed by atoms with van der Waals surface area (Å²) in [6.45, 7) is 8.04. The number of hydrogen-bond donors (Lipinski definition) is 2. The van der Waals surface area contributed by atoms with Crippen LogP contribution in [0.5, 0.6) is 0 Å².